The van der Waals surface area contributed by atoms with Gasteiger partial charge in [0.25, 0.3) is 5.91 Å². The standard InChI is InChI=1S/C20H17Cl2N3O3/c21-13-8-14(22)10-15(9-13)23-17(26)11-25-18(27)20(24-19(25)28)7-3-5-12-4-1-2-6-16(12)20/h1-2,4,6,8-10H,3,5,7,11H2,(H,23,26)(H,24,28). The number of rotatable bonds is 3. The van der Waals surface area contributed by atoms with Crippen LogP contribution in [-0.4, -0.2) is 29.3 Å². The molecule has 1 aliphatic heterocycles. The van der Waals surface area contributed by atoms with Crippen LogP contribution in [0, 0.1) is 0 Å². The van der Waals surface area contributed by atoms with E-state index in [4.69, 9.17) is 23.2 Å². The molecular formula is C20H17Cl2N3O3. The van der Waals surface area contributed by atoms with Crippen molar-refractivity contribution in [3.05, 3.63) is 63.6 Å². The van der Waals surface area contributed by atoms with E-state index in [0.717, 1.165) is 28.9 Å². The first kappa shape index (κ1) is 18.8. The van der Waals surface area contributed by atoms with Gasteiger partial charge in [0.1, 0.15) is 12.1 Å². The van der Waals surface area contributed by atoms with Crippen molar-refractivity contribution in [3.63, 3.8) is 0 Å². The lowest BCUT2D eigenvalue weighted by Crippen LogP contribution is -2.47. The third-order valence-electron chi connectivity index (χ3n) is 5.10. The topological polar surface area (TPSA) is 78.5 Å². The van der Waals surface area contributed by atoms with Gasteiger partial charge < -0.3 is 10.6 Å². The number of nitrogens with zero attached hydrogens (tertiary/aromatic N) is 1. The first-order valence-electron chi connectivity index (χ1n) is 8.87. The van der Waals surface area contributed by atoms with Gasteiger partial charge in [0.05, 0.1) is 0 Å². The van der Waals surface area contributed by atoms with Gasteiger partial charge in [-0.3, -0.25) is 14.5 Å². The summed E-state index contributed by atoms with van der Waals surface area (Å²) in [6.45, 7) is -0.390. The first-order chi connectivity index (χ1) is 13.4. The Hall–Kier alpha value is -2.57. The lowest BCUT2D eigenvalue weighted by atomic mass is 9.76. The summed E-state index contributed by atoms with van der Waals surface area (Å²) in [5.74, 6) is -0.910. The normalized spacial score (nSPS) is 20.9. The van der Waals surface area contributed by atoms with Crippen LogP contribution < -0.4 is 10.6 Å². The van der Waals surface area contributed by atoms with Crippen LogP contribution in [-0.2, 0) is 21.5 Å². The van der Waals surface area contributed by atoms with E-state index in [1.165, 1.54) is 12.1 Å². The van der Waals surface area contributed by atoms with Gasteiger partial charge in [0.2, 0.25) is 5.91 Å². The number of hydrogen-bond acceptors (Lipinski definition) is 3. The number of amides is 4. The maximum absolute atomic E-state index is 13.2. The van der Waals surface area contributed by atoms with Crippen molar-refractivity contribution in [1.29, 1.82) is 0 Å². The third kappa shape index (κ3) is 3.23. The maximum Gasteiger partial charge on any atom is 0.325 e. The molecular weight excluding hydrogens is 401 g/mol. The van der Waals surface area contributed by atoms with Gasteiger partial charge in [0.15, 0.2) is 0 Å². The van der Waals surface area contributed by atoms with Crippen molar-refractivity contribution in [2.75, 3.05) is 11.9 Å². The predicted molar refractivity (Wildman–Crippen MR) is 106 cm³/mol. The highest BCUT2D eigenvalue weighted by molar-refractivity contribution is 6.35. The SMILES string of the molecule is O=C(CN1C(=O)NC2(CCCc3ccccc32)C1=O)Nc1cc(Cl)cc(Cl)c1. The fourth-order valence-corrected chi connectivity index (χ4v) is 4.45. The van der Waals surface area contributed by atoms with E-state index in [1.54, 1.807) is 6.07 Å². The molecule has 28 heavy (non-hydrogen) atoms. The van der Waals surface area contributed by atoms with Crippen LogP contribution in [0.2, 0.25) is 10.0 Å². The molecule has 0 saturated carbocycles. The molecule has 0 bridgehead atoms. The van der Waals surface area contributed by atoms with Crippen LogP contribution in [0.4, 0.5) is 10.5 Å². The molecule has 2 N–H and O–H groups in total. The summed E-state index contributed by atoms with van der Waals surface area (Å²) in [5.41, 5.74) is 1.16. The van der Waals surface area contributed by atoms with Crippen molar-refractivity contribution < 1.29 is 14.4 Å². The summed E-state index contributed by atoms with van der Waals surface area (Å²) in [6, 6.07) is 11.6. The van der Waals surface area contributed by atoms with Gasteiger partial charge in [-0.2, -0.15) is 0 Å². The quantitative estimate of drug-likeness (QED) is 0.746. The Morgan fingerprint density at radius 2 is 1.86 bits per heavy atom. The third-order valence-corrected chi connectivity index (χ3v) is 5.54. The lowest BCUT2D eigenvalue weighted by Gasteiger charge is -2.33. The molecule has 4 rings (SSSR count). The van der Waals surface area contributed by atoms with Crippen LogP contribution in [0.5, 0.6) is 0 Å². The number of carbonyl (C=O) groups is 3. The average Bonchev–Trinajstić information content (AvgIpc) is 2.86. The fourth-order valence-electron chi connectivity index (χ4n) is 3.93. The second kappa shape index (κ2) is 7.11. The number of fused-ring (bicyclic) bond motifs is 2. The summed E-state index contributed by atoms with van der Waals surface area (Å²) in [4.78, 5) is 39.1. The summed E-state index contributed by atoms with van der Waals surface area (Å²) in [6.07, 6.45) is 2.15. The summed E-state index contributed by atoms with van der Waals surface area (Å²) in [5, 5.41) is 6.19. The van der Waals surface area contributed by atoms with Crippen molar-refractivity contribution in [2.45, 2.75) is 24.8 Å². The highest BCUT2D eigenvalue weighted by atomic mass is 35.5. The van der Waals surface area contributed by atoms with Crippen LogP contribution >= 0.6 is 23.2 Å². The van der Waals surface area contributed by atoms with E-state index < -0.39 is 29.9 Å². The number of aryl methyl sites for hydroxylation is 1. The number of anilines is 1. The molecule has 1 atom stereocenters. The van der Waals surface area contributed by atoms with Gasteiger partial charge in [-0.05, 0) is 48.6 Å². The highest BCUT2D eigenvalue weighted by Gasteiger charge is 2.54. The van der Waals surface area contributed by atoms with E-state index in [0.29, 0.717) is 22.2 Å². The molecule has 144 valence electrons. The van der Waals surface area contributed by atoms with Crippen molar-refractivity contribution >= 4 is 46.7 Å². The molecule has 0 aromatic heterocycles. The highest BCUT2D eigenvalue weighted by Crippen LogP contribution is 2.39. The number of benzene rings is 2. The van der Waals surface area contributed by atoms with Crippen molar-refractivity contribution in [2.24, 2.45) is 0 Å². The maximum atomic E-state index is 13.2. The predicted octanol–water partition coefficient (Wildman–Crippen LogP) is 3.72. The summed E-state index contributed by atoms with van der Waals surface area (Å²) < 4.78 is 0. The van der Waals surface area contributed by atoms with Gasteiger partial charge in [-0.25, -0.2) is 4.79 Å². The Labute approximate surface area is 171 Å². The molecule has 1 heterocycles. The Bertz CT molecular complexity index is 974. The van der Waals surface area contributed by atoms with Gasteiger partial charge >= 0.3 is 6.03 Å². The number of imide groups is 1. The molecule has 4 amide bonds. The van der Waals surface area contributed by atoms with Crippen LogP contribution in [0.1, 0.15) is 24.0 Å². The minimum absolute atomic E-state index is 0.371. The zero-order chi connectivity index (χ0) is 19.9. The molecule has 1 spiro atoms. The number of nitrogens with one attached hydrogen (secondary N) is 2. The fraction of sp³-hybridized carbons (Fsp3) is 0.250. The van der Waals surface area contributed by atoms with Crippen molar-refractivity contribution in [1.82, 2.24) is 10.2 Å². The second-order valence-electron chi connectivity index (χ2n) is 6.94. The number of halogens is 2. The van der Waals surface area contributed by atoms with E-state index >= 15 is 0 Å². The van der Waals surface area contributed by atoms with Crippen LogP contribution in [0.3, 0.4) is 0 Å². The first-order valence-corrected chi connectivity index (χ1v) is 9.63. The van der Waals surface area contributed by atoms with E-state index in [1.807, 2.05) is 24.3 Å². The molecule has 1 saturated heterocycles. The minimum Gasteiger partial charge on any atom is -0.324 e. The Balaban J connectivity index is 1.55. The van der Waals surface area contributed by atoms with Crippen LogP contribution in [0.15, 0.2) is 42.5 Å². The molecule has 0 radical (unpaired) electrons. The molecule has 2 aliphatic rings. The van der Waals surface area contributed by atoms with Gasteiger partial charge in [-0.15, -0.1) is 0 Å². The number of urea groups is 1. The lowest BCUT2D eigenvalue weighted by molar-refractivity contribution is -0.134. The molecule has 1 unspecified atom stereocenters. The van der Waals surface area contributed by atoms with Gasteiger partial charge in [-0.1, -0.05) is 47.5 Å². The van der Waals surface area contributed by atoms with Crippen LogP contribution in [0.25, 0.3) is 0 Å². The second-order valence-corrected chi connectivity index (χ2v) is 7.82. The minimum atomic E-state index is -1.09. The van der Waals surface area contributed by atoms with E-state index in [9.17, 15) is 14.4 Å². The number of hydrogen-bond donors (Lipinski definition) is 2. The van der Waals surface area contributed by atoms with Crippen molar-refractivity contribution in [3.8, 4) is 0 Å². The zero-order valence-electron chi connectivity index (χ0n) is 14.8. The van der Waals surface area contributed by atoms with E-state index in [2.05, 4.69) is 10.6 Å². The van der Waals surface area contributed by atoms with E-state index in [-0.39, 0.29) is 0 Å². The molecule has 1 aliphatic carbocycles. The monoisotopic (exact) mass is 417 g/mol. The molecule has 8 heteroatoms. The largest absolute Gasteiger partial charge is 0.325 e. The molecule has 1 fully saturated rings. The Morgan fingerprint density at radius 3 is 2.61 bits per heavy atom. The summed E-state index contributed by atoms with van der Waals surface area (Å²) >= 11 is 11.9. The summed E-state index contributed by atoms with van der Waals surface area (Å²) in [7, 11) is 0. The average molecular weight is 418 g/mol. The Morgan fingerprint density at radius 1 is 1.14 bits per heavy atom. The Kier molecular flexibility index (Phi) is 4.77. The number of carbonyl (C=O) groups excluding carboxylic acids is 3. The molecule has 6 nitrogen and oxygen atoms in total. The smallest absolute Gasteiger partial charge is 0.324 e. The van der Waals surface area contributed by atoms with Gasteiger partial charge in [0, 0.05) is 15.7 Å². The zero-order valence-corrected chi connectivity index (χ0v) is 16.3. The molecule has 2 aromatic carbocycles. The molecule has 2 aromatic rings.